The molecule has 1 aromatic carbocycles. The number of hydrogen-bond donors (Lipinski definition) is 1. The van der Waals surface area contributed by atoms with E-state index in [1.807, 2.05) is 26.2 Å². The quantitative estimate of drug-likeness (QED) is 0.863. The van der Waals surface area contributed by atoms with Crippen molar-refractivity contribution in [3.05, 3.63) is 24.3 Å². The molecule has 0 spiro atoms. The maximum absolute atomic E-state index is 5.87. The molecule has 3 heteroatoms. The van der Waals surface area contributed by atoms with E-state index in [0.717, 1.165) is 25.4 Å². The zero-order chi connectivity index (χ0) is 12.1. The minimum Gasteiger partial charge on any atom is -0.493 e. The molecule has 17 heavy (non-hydrogen) atoms. The Kier molecular flexibility index (Phi) is 4.26. The zero-order valence-corrected chi connectivity index (χ0v) is 10.8. The van der Waals surface area contributed by atoms with Gasteiger partial charge in [-0.2, -0.15) is 0 Å². The van der Waals surface area contributed by atoms with E-state index >= 15 is 0 Å². The highest BCUT2D eigenvalue weighted by atomic mass is 16.5. The van der Waals surface area contributed by atoms with Crippen molar-refractivity contribution >= 4 is 5.69 Å². The van der Waals surface area contributed by atoms with E-state index < -0.39 is 0 Å². The van der Waals surface area contributed by atoms with Gasteiger partial charge in [0.05, 0.1) is 6.61 Å². The molecule has 94 valence electrons. The van der Waals surface area contributed by atoms with Gasteiger partial charge in [-0.1, -0.05) is 6.07 Å². The lowest BCUT2D eigenvalue weighted by molar-refractivity contribution is 0.218. The topological polar surface area (TPSA) is 24.5 Å². The van der Waals surface area contributed by atoms with E-state index in [1.54, 1.807) is 0 Å². The molecule has 0 radical (unpaired) electrons. The molecule has 1 saturated heterocycles. The molecular weight excluding hydrogens is 212 g/mol. The molecule has 1 aromatic rings. The number of nitrogens with zero attached hydrogens (tertiary/aromatic N) is 1. The van der Waals surface area contributed by atoms with Crippen molar-refractivity contribution in [3.63, 3.8) is 0 Å². The van der Waals surface area contributed by atoms with Crippen LogP contribution in [0.25, 0.3) is 0 Å². The number of nitrogens with one attached hydrogen (secondary N) is 1. The van der Waals surface area contributed by atoms with Crippen LogP contribution in [0, 0.1) is 5.92 Å². The lowest BCUT2D eigenvalue weighted by Gasteiger charge is -2.23. The van der Waals surface area contributed by atoms with Gasteiger partial charge in [0.25, 0.3) is 0 Å². The minimum absolute atomic E-state index is 0.659. The van der Waals surface area contributed by atoms with Gasteiger partial charge in [0, 0.05) is 38.3 Å². The fourth-order valence-corrected chi connectivity index (χ4v) is 2.13. The molecule has 2 rings (SSSR count). The van der Waals surface area contributed by atoms with Crippen LogP contribution in [-0.2, 0) is 0 Å². The van der Waals surface area contributed by atoms with Crippen molar-refractivity contribution < 1.29 is 4.74 Å². The van der Waals surface area contributed by atoms with Crippen LogP contribution < -0.4 is 15.0 Å². The summed E-state index contributed by atoms with van der Waals surface area (Å²) in [5.41, 5.74) is 1.18. The number of anilines is 1. The molecule has 0 aromatic heterocycles. The van der Waals surface area contributed by atoms with Gasteiger partial charge in [0.15, 0.2) is 0 Å². The number of rotatable bonds is 4. The third-order valence-electron chi connectivity index (χ3n) is 3.22. The summed E-state index contributed by atoms with van der Waals surface area (Å²) >= 11 is 0. The molecule has 1 unspecified atom stereocenters. The molecule has 0 amide bonds. The molecule has 1 atom stereocenters. The summed E-state index contributed by atoms with van der Waals surface area (Å²) in [5, 5.41) is 3.41. The first kappa shape index (κ1) is 12.2. The number of hydrogen-bond acceptors (Lipinski definition) is 3. The largest absolute Gasteiger partial charge is 0.493 e. The summed E-state index contributed by atoms with van der Waals surface area (Å²) < 4.78 is 5.87. The number of piperidine rings is 1. The predicted octanol–water partition coefficient (Wildman–Crippen LogP) is 2.13. The Balaban J connectivity index is 1.87. The highest BCUT2D eigenvalue weighted by Gasteiger charge is 2.13. The Hall–Kier alpha value is -1.22. The van der Waals surface area contributed by atoms with Crippen molar-refractivity contribution in [1.29, 1.82) is 0 Å². The highest BCUT2D eigenvalue weighted by molar-refractivity contribution is 5.49. The van der Waals surface area contributed by atoms with E-state index in [9.17, 15) is 0 Å². The van der Waals surface area contributed by atoms with E-state index in [1.165, 1.54) is 18.5 Å². The van der Waals surface area contributed by atoms with Gasteiger partial charge in [0.1, 0.15) is 5.75 Å². The van der Waals surface area contributed by atoms with E-state index in [-0.39, 0.29) is 0 Å². The van der Waals surface area contributed by atoms with E-state index in [0.29, 0.717) is 5.92 Å². The van der Waals surface area contributed by atoms with Crippen molar-refractivity contribution in [1.82, 2.24) is 5.32 Å². The normalized spacial score (nSPS) is 20.0. The molecule has 1 fully saturated rings. The SMILES string of the molecule is CN(C)c1cccc(OCC2CCCNC2)c1. The Morgan fingerprint density at radius 1 is 1.41 bits per heavy atom. The van der Waals surface area contributed by atoms with Gasteiger partial charge in [-0.25, -0.2) is 0 Å². The smallest absolute Gasteiger partial charge is 0.121 e. The Morgan fingerprint density at radius 3 is 3.00 bits per heavy atom. The van der Waals surface area contributed by atoms with E-state index in [4.69, 9.17) is 4.74 Å². The molecule has 0 aliphatic carbocycles. The summed E-state index contributed by atoms with van der Waals surface area (Å²) in [6, 6.07) is 8.26. The Labute approximate surface area is 104 Å². The first-order valence-corrected chi connectivity index (χ1v) is 6.36. The van der Waals surface area contributed by atoms with Crippen LogP contribution in [0.4, 0.5) is 5.69 Å². The number of benzene rings is 1. The van der Waals surface area contributed by atoms with Crippen LogP contribution in [-0.4, -0.2) is 33.8 Å². The second-order valence-corrected chi connectivity index (χ2v) is 4.92. The maximum atomic E-state index is 5.87. The van der Waals surface area contributed by atoms with Crippen LogP contribution >= 0.6 is 0 Å². The first-order chi connectivity index (χ1) is 8.25. The molecule has 0 saturated carbocycles. The molecule has 1 aliphatic rings. The summed E-state index contributed by atoms with van der Waals surface area (Å²) in [6.45, 7) is 3.07. The second-order valence-electron chi connectivity index (χ2n) is 4.92. The fraction of sp³-hybridized carbons (Fsp3) is 0.571. The van der Waals surface area contributed by atoms with Crippen molar-refractivity contribution in [2.24, 2.45) is 5.92 Å². The molecule has 1 heterocycles. The van der Waals surface area contributed by atoms with Crippen LogP contribution in [0.3, 0.4) is 0 Å². The lowest BCUT2D eigenvalue weighted by Crippen LogP contribution is -2.33. The van der Waals surface area contributed by atoms with Crippen LogP contribution in [0.15, 0.2) is 24.3 Å². The van der Waals surface area contributed by atoms with Gasteiger partial charge in [-0.3, -0.25) is 0 Å². The average Bonchev–Trinajstić information content (AvgIpc) is 2.38. The maximum Gasteiger partial charge on any atom is 0.121 e. The molecule has 3 nitrogen and oxygen atoms in total. The summed E-state index contributed by atoms with van der Waals surface area (Å²) in [4.78, 5) is 2.09. The molecule has 1 N–H and O–H groups in total. The van der Waals surface area contributed by atoms with E-state index in [2.05, 4.69) is 22.3 Å². The molecular formula is C14H22N2O. The summed E-state index contributed by atoms with van der Waals surface area (Å²) in [5.74, 6) is 1.63. The molecule has 1 aliphatic heterocycles. The monoisotopic (exact) mass is 234 g/mol. The van der Waals surface area contributed by atoms with Gasteiger partial charge in [-0.15, -0.1) is 0 Å². The Bertz CT molecular complexity index is 346. The average molecular weight is 234 g/mol. The van der Waals surface area contributed by atoms with Gasteiger partial charge in [0.2, 0.25) is 0 Å². The summed E-state index contributed by atoms with van der Waals surface area (Å²) in [7, 11) is 4.09. The van der Waals surface area contributed by atoms with Crippen molar-refractivity contribution in [2.75, 3.05) is 38.7 Å². The van der Waals surface area contributed by atoms with Crippen LogP contribution in [0.2, 0.25) is 0 Å². The lowest BCUT2D eigenvalue weighted by atomic mass is 10.0. The second kappa shape index (κ2) is 5.92. The van der Waals surface area contributed by atoms with Crippen LogP contribution in [0.1, 0.15) is 12.8 Å². The standard InChI is InChI=1S/C14H22N2O/c1-16(2)13-6-3-7-14(9-13)17-11-12-5-4-8-15-10-12/h3,6-7,9,12,15H,4-5,8,10-11H2,1-2H3. The Morgan fingerprint density at radius 2 is 2.29 bits per heavy atom. The van der Waals surface area contributed by atoms with Crippen molar-refractivity contribution in [3.8, 4) is 5.75 Å². The number of ether oxygens (including phenoxy) is 1. The predicted molar refractivity (Wildman–Crippen MR) is 71.9 cm³/mol. The minimum atomic E-state index is 0.659. The molecule has 0 bridgehead atoms. The van der Waals surface area contributed by atoms with Gasteiger partial charge >= 0.3 is 0 Å². The third-order valence-corrected chi connectivity index (χ3v) is 3.22. The van der Waals surface area contributed by atoms with Crippen molar-refractivity contribution in [2.45, 2.75) is 12.8 Å². The van der Waals surface area contributed by atoms with Crippen LogP contribution in [0.5, 0.6) is 5.75 Å². The first-order valence-electron chi connectivity index (χ1n) is 6.36. The third kappa shape index (κ3) is 3.63. The zero-order valence-electron chi connectivity index (χ0n) is 10.8. The van der Waals surface area contributed by atoms with Gasteiger partial charge in [-0.05, 0) is 31.5 Å². The fourth-order valence-electron chi connectivity index (χ4n) is 2.13. The summed E-state index contributed by atoms with van der Waals surface area (Å²) in [6.07, 6.45) is 2.55. The highest BCUT2D eigenvalue weighted by Crippen LogP contribution is 2.20. The van der Waals surface area contributed by atoms with Gasteiger partial charge < -0.3 is 15.0 Å².